The molecule has 0 aliphatic heterocycles. The lowest BCUT2D eigenvalue weighted by atomic mass is 10.2. The van der Waals surface area contributed by atoms with Crippen molar-refractivity contribution in [3.05, 3.63) is 54.1 Å². The van der Waals surface area contributed by atoms with Gasteiger partial charge in [0.2, 0.25) is 0 Å². The van der Waals surface area contributed by atoms with E-state index >= 15 is 0 Å². The molecule has 23 heavy (non-hydrogen) atoms. The number of urea groups is 1. The van der Waals surface area contributed by atoms with Crippen LogP contribution in [0.4, 0.5) is 10.5 Å². The molecule has 2 aromatic rings. The number of anilines is 1. The van der Waals surface area contributed by atoms with Gasteiger partial charge in [-0.1, -0.05) is 12.1 Å². The third kappa shape index (κ3) is 4.72. The molecule has 0 aliphatic rings. The van der Waals surface area contributed by atoms with E-state index in [4.69, 9.17) is 9.84 Å². The fourth-order valence-corrected chi connectivity index (χ4v) is 1.96. The normalized spacial score (nSPS) is 11.7. The Morgan fingerprint density at radius 2 is 1.91 bits per heavy atom. The van der Waals surface area contributed by atoms with Crippen LogP contribution in [0.15, 0.2) is 48.5 Å². The van der Waals surface area contributed by atoms with Gasteiger partial charge in [0.05, 0.1) is 12.6 Å². The first-order valence-corrected chi connectivity index (χ1v) is 7.49. The van der Waals surface area contributed by atoms with Crippen molar-refractivity contribution in [3.8, 4) is 11.5 Å². The van der Waals surface area contributed by atoms with E-state index in [1.807, 2.05) is 31.2 Å². The quantitative estimate of drug-likeness (QED) is 0.886. The SMILES string of the molecule is Cc1cccc(Oc2ccc(NC(=O)N(C)C(C)CO)cc2)c1. The molecule has 0 aromatic heterocycles. The van der Waals surface area contributed by atoms with Crippen LogP contribution in [0.25, 0.3) is 0 Å². The monoisotopic (exact) mass is 314 g/mol. The van der Waals surface area contributed by atoms with E-state index in [1.165, 1.54) is 4.90 Å². The van der Waals surface area contributed by atoms with Crippen molar-refractivity contribution < 1.29 is 14.6 Å². The van der Waals surface area contributed by atoms with Crippen LogP contribution in [-0.2, 0) is 0 Å². The Bertz CT molecular complexity index is 656. The largest absolute Gasteiger partial charge is 0.457 e. The second-order valence-corrected chi connectivity index (χ2v) is 5.52. The van der Waals surface area contributed by atoms with Crippen LogP contribution in [0.2, 0.25) is 0 Å². The van der Waals surface area contributed by atoms with Crippen LogP contribution in [0, 0.1) is 6.92 Å². The Morgan fingerprint density at radius 3 is 2.52 bits per heavy atom. The molecule has 5 heteroatoms. The van der Waals surface area contributed by atoms with Gasteiger partial charge in [0.1, 0.15) is 11.5 Å². The van der Waals surface area contributed by atoms with Crippen LogP contribution in [0.3, 0.4) is 0 Å². The number of carbonyl (C=O) groups excluding carboxylic acids is 1. The Morgan fingerprint density at radius 1 is 1.22 bits per heavy atom. The number of amides is 2. The zero-order valence-electron chi connectivity index (χ0n) is 13.6. The van der Waals surface area contributed by atoms with Crippen LogP contribution >= 0.6 is 0 Å². The highest BCUT2D eigenvalue weighted by molar-refractivity contribution is 5.89. The van der Waals surface area contributed by atoms with Gasteiger partial charge in [0.25, 0.3) is 0 Å². The van der Waals surface area contributed by atoms with Crippen molar-refractivity contribution in [2.45, 2.75) is 19.9 Å². The van der Waals surface area contributed by atoms with E-state index < -0.39 is 0 Å². The Kier molecular flexibility index (Phi) is 5.60. The van der Waals surface area contributed by atoms with Crippen LogP contribution in [-0.4, -0.2) is 35.7 Å². The molecule has 0 bridgehead atoms. The summed E-state index contributed by atoms with van der Waals surface area (Å²) in [5.41, 5.74) is 1.80. The fraction of sp³-hybridized carbons (Fsp3) is 0.278. The lowest BCUT2D eigenvalue weighted by Crippen LogP contribution is -2.40. The Balaban J connectivity index is 1.98. The fourth-order valence-electron chi connectivity index (χ4n) is 1.96. The highest BCUT2D eigenvalue weighted by Crippen LogP contribution is 2.23. The zero-order valence-corrected chi connectivity index (χ0v) is 13.6. The molecule has 2 rings (SSSR count). The average molecular weight is 314 g/mol. The molecule has 0 heterocycles. The molecular weight excluding hydrogens is 292 g/mol. The predicted octanol–water partition coefficient (Wildman–Crippen LogP) is 3.63. The van der Waals surface area contributed by atoms with E-state index in [0.29, 0.717) is 11.4 Å². The smallest absolute Gasteiger partial charge is 0.321 e. The van der Waals surface area contributed by atoms with Crippen molar-refractivity contribution in [2.24, 2.45) is 0 Å². The van der Waals surface area contributed by atoms with E-state index in [2.05, 4.69) is 5.32 Å². The second kappa shape index (κ2) is 7.65. The lowest BCUT2D eigenvalue weighted by Gasteiger charge is -2.23. The molecule has 2 amide bonds. The predicted molar refractivity (Wildman–Crippen MR) is 91.0 cm³/mol. The van der Waals surface area contributed by atoms with E-state index in [0.717, 1.165) is 11.3 Å². The van der Waals surface area contributed by atoms with Gasteiger partial charge in [-0.25, -0.2) is 4.79 Å². The first-order valence-electron chi connectivity index (χ1n) is 7.49. The molecule has 0 fully saturated rings. The van der Waals surface area contributed by atoms with Gasteiger partial charge in [0, 0.05) is 12.7 Å². The first-order chi connectivity index (χ1) is 11.0. The van der Waals surface area contributed by atoms with Gasteiger partial charge < -0.3 is 20.1 Å². The number of hydrogen-bond donors (Lipinski definition) is 2. The molecule has 0 saturated heterocycles. The molecule has 0 aliphatic carbocycles. The molecule has 5 nitrogen and oxygen atoms in total. The van der Waals surface area contributed by atoms with Gasteiger partial charge >= 0.3 is 6.03 Å². The number of rotatable bonds is 5. The maximum Gasteiger partial charge on any atom is 0.321 e. The number of aryl methyl sites for hydroxylation is 1. The third-order valence-corrected chi connectivity index (χ3v) is 3.58. The van der Waals surface area contributed by atoms with Crippen molar-refractivity contribution in [1.82, 2.24) is 4.90 Å². The van der Waals surface area contributed by atoms with Crippen molar-refractivity contribution in [1.29, 1.82) is 0 Å². The third-order valence-electron chi connectivity index (χ3n) is 3.58. The van der Waals surface area contributed by atoms with Crippen molar-refractivity contribution >= 4 is 11.7 Å². The Labute approximate surface area is 136 Å². The standard InChI is InChI=1S/C18H22N2O3/c1-13-5-4-6-17(11-13)23-16-9-7-15(8-10-16)19-18(22)20(3)14(2)12-21/h4-11,14,21H,12H2,1-3H3,(H,19,22). The highest BCUT2D eigenvalue weighted by atomic mass is 16.5. The number of carbonyl (C=O) groups is 1. The zero-order chi connectivity index (χ0) is 16.8. The summed E-state index contributed by atoms with van der Waals surface area (Å²) >= 11 is 0. The maximum atomic E-state index is 12.0. The minimum absolute atomic E-state index is 0.0762. The highest BCUT2D eigenvalue weighted by Gasteiger charge is 2.14. The molecule has 122 valence electrons. The van der Waals surface area contributed by atoms with Crippen molar-refractivity contribution in [3.63, 3.8) is 0 Å². The second-order valence-electron chi connectivity index (χ2n) is 5.52. The van der Waals surface area contributed by atoms with Gasteiger partial charge in [-0.2, -0.15) is 0 Å². The first kappa shape index (κ1) is 16.8. The number of nitrogens with one attached hydrogen (secondary N) is 1. The molecule has 0 spiro atoms. The van der Waals surface area contributed by atoms with Crippen molar-refractivity contribution in [2.75, 3.05) is 19.0 Å². The molecular formula is C18H22N2O3. The molecule has 2 N–H and O–H groups in total. The topological polar surface area (TPSA) is 61.8 Å². The summed E-state index contributed by atoms with van der Waals surface area (Å²) in [6.45, 7) is 3.71. The summed E-state index contributed by atoms with van der Waals surface area (Å²) in [4.78, 5) is 13.5. The van der Waals surface area contributed by atoms with Crippen LogP contribution < -0.4 is 10.1 Å². The number of hydrogen-bond acceptors (Lipinski definition) is 3. The number of nitrogens with zero attached hydrogens (tertiary/aromatic N) is 1. The van der Waals surface area contributed by atoms with Gasteiger partial charge in [-0.3, -0.25) is 0 Å². The van der Waals surface area contributed by atoms with Gasteiger partial charge in [0.15, 0.2) is 0 Å². The molecule has 0 saturated carbocycles. The molecule has 2 aromatic carbocycles. The average Bonchev–Trinajstić information content (AvgIpc) is 2.55. The number of benzene rings is 2. The number of likely N-dealkylation sites (N-methyl/N-ethyl adjacent to an activating group) is 1. The minimum Gasteiger partial charge on any atom is -0.457 e. The molecule has 1 unspecified atom stereocenters. The van der Waals surface area contributed by atoms with Gasteiger partial charge in [-0.15, -0.1) is 0 Å². The van der Waals surface area contributed by atoms with Crippen LogP contribution in [0.1, 0.15) is 12.5 Å². The number of aliphatic hydroxyl groups is 1. The summed E-state index contributed by atoms with van der Waals surface area (Å²) in [5.74, 6) is 1.48. The summed E-state index contributed by atoms with van der Waals surface area (Å²) in [7, 11) is 1.64. The van der Waals surface area contributed by atoms with E-state index in [1.54, 1.807) is 38.2 Å². The molecule has 1 atom stereocenters. The summed E-state index contributed by atoms with van der Waals surface area (Å²) in [5, 5.41) is 11.9. The number of ether oxygens (including phenoxy) is 1. The lowest BCUT2D eigenvalue weighted by molar-refractivity contribution is 0.166. The summed E-state index contributed by atoms with van der Waals surface area (Å²) in [6, 6.07) is 14.5. The van der Waals surface area contributed by atoms with Crippen LogP contribution in [0.5, 0.6) is 11.5 Å². The van der Waals surface area contributed by atoms with Gasteiger partial charge in [-0.05, 0) is 55.8 Å². The summed E-state index contributed by atoms with van der Waals surface area (Å²) < 4.78 is 5.77. The minimum atomic E-state index is -0.265. The number of aliphatic hydroxyl groups excluding tert-OH is 1. The summed E-state index contributed by atoms with van der Waals surface area (Å²) in [6.07, 6.45) is 0. The molecule has 0 radical (unpaired) electrons. The van der Waals surface area contributed by atoms with E-state index in [-0.39, 0.29) is 18.7 Å². The Hall–Kier alpha value is -2.53. The van der Waals surface area contributed by atoms with E-state index in [9.17, 15) is 4.79 Å². The maximum absolute atomic E-state index is 12.0.